The first kappa shape index (κ1) is 13.6. The molecular formula is C14H19BrN2O. The van der Waals surface area contributed by atoms with E-state index in [2.05, 4.69) is 26.6 Å². The molecule has 1 aromatic carbocycles. The number of halogens is 1. The van der Waals surface area contributed by atoms with Gasteiger partial charge in [0.05, 0.1) is 0 Å². The number of benzene rings is 1. The summed E-state index contributed by atoms with van der Waals surface area (Å²) in [7, 11) is 0. The molecule has 1 fully saturated rings. The third-order valence-electron chi connectivity index (χ3n) is 3.31. The summed E-state index contributed by atoms with van der Waals surface area (Å²) in [6.45, 7) is 5.10. The van der Waals surface area contributed by atoms with Gasteiger partial charge < -0.3 is 10.6 Å². The summed E-state index contributed by atoms with van der Waals surface area (Å²) >= 11 is 3.53. The van der Waals surface area contributed by atoms with Gasteiger partial charge in [0.25, 0.3) is 0 Å². The Kier molecular flexibility index (Phi) is 4.40. The van der Waals surface area contributed by atoms with Crippen LogP contribution in [0.15, 0.2) is 16.6 Å². The van der Waals surface area contributed by atoms with Gasteiger partial charge in [0.1, 0.15) is 0 Å². The maximum absolute atomic E-state index is 11.9. The summed E-state index contributed by atoms with van der Waals surface area (Å²) in [5, 5.41) is 6.31. The van der Waals surface area contributed by atoms with E-state index >= 15 is 0 Å². The highest BCUT2D eigenvalue weighted by molar-refractivity contribution is 9.10. The standard InChI is InChI=1S/C14H19BrN2O/c1-9-6-12(7-10(2)14(9)15)17-13(18)8-11-4-3-5-16-11/h6-7,11,16H,3-5,8H2,1-2H3,(H,17,18). The fourth-order valence-corrected chi connectivity index (χ4v) is 2.61. The highest BCUT2D eigenvalue weighted by atomic mass is 79.9. The normalized spacial score (nSPS) is 18.9. The van der Waals surface area contributed by atoms with E-state index in [0.29, 0.717) is 12.5 Å². The Morgan fingerprint density at radius 1 is 1.44 bits per heavy atom. The van der Waals surface area contributed by atoms with E-state index in [4.69, 9.17) is 0 Å². The highest BCUT2D eigenvalue weighted by Gasteiger charge is 2.17. The molecule has 1 aromatic rings. The van der Waals surface area contributed by atoms with Gasteiger partial charge in [-0.3, -0.25) is 4.79 Å². The van der Waals surface area contributed by atoms with Crippen LogP contribution in [-0.4, -0.2) is 18.5 Å². The highest BCUT2D eigenvalue weighted by Crippen LogP contribution is 2.25. The van der Waals surface area contributed by atoms with E-state index in [0.717, 1.165) is 34.3 Å². The Bertz CT molecular complexity index is 430. The van der Waals surface area contributed by atoms with E-state index in [-0.39, 0.29) is 5.91 Å². The van der Waals surface area contributed by atoms with Crippen LogP contribution >= 0.6 is 15.9 Å². The minimum absolute atomic E-state index is 0.0931. The second-order valence-corrected chi connectivity index (χ2v) is 5.76. The molecule has 0 aliphatic carbocycles. The monoisotopic (exact) mass is 310 g/mol. The van der Waals surface area contributed by atoms with Gasteiger partial charge in [0.15, 0.2) is 0 Å². The molecule has 1 amide bonds. The number of nitrogens with one attached hydrogen (secondary N) is 2. The summed E-state index contributed by atoms with van der Waals surface area (Å²) < 4.78 is 1.11. The van der Waals surface area contributed by atoms with Crippen molar-refractivity contribution in [2.45, 2.75) is 39.2 Å². The zero-order valence-electron chi connectivity index (χ0n) is 10.8. The lowest BCUT2D eigenvalue weighted by molar-refractivity contribution is -0.116. The lowest BCUT2D eigenvalue weighted by atomic mass is 10.1. The van der Waals surface area contributed by atoms with Gasteiger partial charge in [-0.05, 0) is 56.5 Å². The first-order chi connectivity index (χ1) is 8.56. The summed E-state index contributed by atoms with van der Waals surface area (Å²) in [6.07, 6.45) is 2.84. The topological polar surface area (TPSA) is 41.1 Å². The Morgan fingerprint density at radius 2 is 2.11 bits per heavy atom. The number of anilines is 1. The van der Waals surface area contributed by atoms with Crippen LogP contribution in [0.4, 0.5) is 5.69 Å². The third-order valence-corrected chi connectivity index (χ3v) is 4.57. The molecule has 2 rings (SSSR count). The predicted octanol–water partition coefficient (Wildman–Crippen LogP) is 3.15. The largest absolute Gasteiger partial charge is 0.326 e. The SMILES string of the molecule is Cc1cc(NC(=O)CC2CCCN2)cc(C)c1Br. The number of rotatable bonds is 3. The lowest BCUT2D eigenvalue weighted by Gasteiger charge is -2.12. The Hall–Kier alpha value is -0.870. The van der Waals surface area contributed by atoms with Crippen molar-refractivity contribution < 1.29 is 4.79 Å². The van der Waals surface area contributed by atoms with Crippen molar-refractivity contribution in [2.24, 2.45) is 0 Å². The Labute approximate surface area is 116 Å². The molecule has 98 valence electrons. The summed E-state index contributed by atoms with van der Waals surface area (Å²) in [4.78, 5) is 11.9. The number of amides is 1. The molecule has 3 nitrogen and oxygen atoms in total. The number of carbonyl (C=O) groups is 1. The average Bonchev–Trinajstić information content (AvgIpc) is 2.78. The number of hydrogen-bond donors (Lipinski definition) is 2. The van der Waals surface area contributed by atoms with Crippen LogP contribution in [0, 0.1) is 13.8 Å². The number of carbonyl (C=O) groups excluding carboxylic acids is 1. The van der Waals surface area contributed by atoms with Crippen LogP contribution in [0.2, 0.25) is 0 Å². The van der Waals surface area contributed by atoms with Crippen molar-refractivity contribution in [2.75, 3.05) is 11.9 Å². The van der Waals surface area contributed by atoms with E-state index in [1.54, 1.807) is 0 Å². The van der Waals surface area contributed by atoms with Crippen molar-refractivity contribution >= 4 is 27.5 Å². The molecule has 2 N–H and O–H groups in total. The van der Waals surface area contributed by atoms with Gasteiger partial charge in [-0.2, -0.15) is 0 Å². The van der Waals surface area contributed by atoms with Crippen LogP contribution < -0.4 is 10.6 Å². The maximum Gasteiger partial charge on any atom is 0.225 e. The quantitative estimate of drug-likeness (QED) is 0.900. The fourth-order valence-electron chi connectivity index (χ4n) is 2.38. The predicted molar refractivity (Wildman–Crippen MR) is 77.9 cm³/mol. The zero-order valence-corrected chi connectivity index (χ0v) is 12.4. The lowest BCUT2D eigenvalue weighted by Crippen LogP contribution is -2.27. The maximum atomic E-state index is 11.9. The van der Waals surface area contributed by atoms with Crippen LogP contribution in [0.1, 0.15) is 30.4 Å². The van der Waals surface area contributed by atoms with Gasteiger partial charge in [0, 0.05) is 22.6 Å². The van der Waals surface area contributed by atoms with Gasteiger partial charge in [-0.25, -0.2) is 0 Å². The minimum atomic E-state index is 0.0931. The van der Waals surface area contributed by atoms with Gasteiger partial charge in [-0.1, -0.05) is 15.9 Å². The second kappa shape index (κ2) is 5.85. The molecule has 1 aliphatic heterocycles. The molecule has 1 aliphatic rings. The first-order valence-electron chi connectivity index (χ1n) is 6.36. The summed E-state index contributed by atoms with van der Waals surface area (Å²) in [5.41, 5.74) is 3.17. The molecule has 0 spiro atoms. The second-order valence-electron chi connectivity index (χ2n) is 4.97. The van der Waals surface area contributed by atoms with Gasteiger partial charge in [0.2, 0.25) is 5.91 Å². The molecular weight excluding hydrogens is 292 g/mol. The molecule has 18 heavy (non-hydrogen) atoms. The van der Waals surface area contributed by atoms with E-state index < -0.39 is 0 Å². The van der Waals surface area contributed by atoms with Gasteiger partial charge in [-0.15, -0.1) is 0 Å². The Balaban J connectivity index is 1.98. The molecule has 4 heteroatoms. The molecule has 0 saturated carbocycles. The fraction of sp³-hybridized carbons (Fsp3) is 0.500. The van der Waals surface area contributed by atoms with Gasteiger partial charge >= 0.3 is 0 Å². The first-order valence-corrected chi connectivity index (χ1v) is 7.15. The third kappa shape index (κ3) is 3.33. The molecule has 0 aromatic heterocycles. The molecule has 1 saturated heterocycles. The van der Waals surface area contributed by atoms with Crippen LogP contribution in [0.25, 0.3) is 0 Å². The minimum Gasteiger partial charge on any atom is -0.326 e. The van der Waals surface area contributed by atoms with Crippen molar-refractivity contribution in [3.63, 3.8) is 0 Å². The summed E-state index contributed by atoms with van der Waals surface area (Å²) in [6, 6.07) is 4.34. The molecule has 0 bridgehead atoms. The van der Waals surface area contributed by atoms with E-state index in [1.165, 1.54) is 6.42 Å². The molecule has 1 heterocycles. The van der Waals surface area contributed by atoms with Crippen molar-refractivity contribution in [3.8, 4) is 0 Å². The smallest absolute Gasteiger partial charge is 0.225 e. The van der Waals surface area contributed by atoms with Crippen LogP contribution in [0.3, 0.4) is 0 Å². The number of hydrogen-bond acceptors (Lipinski definition) is 2. The van der Waals surface area contributed by atoms with Crippen molar-refractivity contribution in [3.05, 3.63) is 27.7 Å². The number of aryl methyl sites for hydroxylation is 2. The molecule has 0 radical (unpaired) electrons. The van der Waals surface area contributed by atoms with Crippen molar-refractivity contribution in [1.29, 1.82) is 0 Å². The van der Waals surface area contributed by atoms with Crippen LogP contribution in [0.5, 0.6) is 0 Å². The van der Waals surface area contributed by atoms with E-state index in [9.17, 15) is 4.79 Å². The van der Waals surface area contributed by atoms with Crippen LogP contribution in [-0.2, 0) is 4.79 Å². The van der Waals surface area contributed by atoms with E-state index in [1.807, 2.05) is 26.0 Å². The van der Waals surface area contributed by atoms with Crippen molar-refractivity contribution in [1.82, 2.24) is 5.32 Å². The average molecular weight is 311 g/mol. The molecule has 1 atom stereocenters. The molecule has 1 unspecified atom stereocenters. The Morgan fingerprint density at radius 3 is 2.67 bits per heavy atom. The zero-order chi connectivity index (χ0) is 13.1. The summed E-state index contributed by atoms with van der Waals surface area (Å²) in [5.74, 6) is 0.0931.